The number of aryl methyl sites for hydroxylation is 3. The zero-order valence-corrected chi connectivity index (χ0v) is 26.9. The number of carbonyl (C=O) groups is 2. The van der Waals surface area contributed by atoms with Crippen molar-refractivity contribution >= 4 is 56.3 Å². The number of fused-ring (bicyclic) bond motifs is 8. The van der Waals surface area contributed by atoms with Crippen molar-refractivity contribution in [2.24, 2.45) is 5.92 Å². The van der Waals surface area contributed by atoms with E-state index >= 15 is 0 Å². The molecule has 8 bridgehead atoms. The van der Waals surface area contributed by atoms with Crippen molar-refractivity contribution in [3.8, 4) is 0 Å². The van der Waals surface area contributed by atoms with Crippen LogP contribution in [0.1, 0.15) is 112 Å². The molecule has 2 aliphatic rings. The van der Waals surface area contributed by atoms with Crippen LogP contribution in [0.25, 0.3) is 44.4 Å². The van der Waals surface area contributed by atoms with Gasteiger partial charge < -0.3 is 20.2 Å². The molecule has 0 fully saturated rings. The molecule has 5 rings (SSSR count). The van der Waals surface area contributed by atoms with Gasteiger partial charge in [-0.05, 0) is 122 Å². The second-order valence-electron chi connectivity index (χ2n) is 11.8. The number of nitrogens with one attached hydrogen (secondary N) is 2. The van der Waals surface area contributed by atoms with Gasteiger partial charge in [0.25, 0.3) is 0 Å². The fraction of sp³-hybridized carbons (Fsp3) is 0.389. The number of H-pyrrole nitrogens is 2. The van der Waals surface area contributed by atoms with Crippen molar-refractivity contribution in [1.29, 1.82) is 0 Å². The SMILES string of the molecule is CCC1=C(C)c2cc3[nH]c(cc4nc(cc5[nH]c(cc1n2)c(C)c5C(CC)C(=O)O)C(C(CC)C(=O)O)=C4C)c(C)c3CC. The zero-order valence-electron chi connectivity index (χ0n) is 26.9. The normalized spacial score (nSPS) is 14.7. The van der Waals surface area contributed by atoms with Crippen LogP contribution in [-0.2, 0) is 16.0 Å². The maximum Gasteiger partial charge on any atom is 0.311 e. The first-order valence-corrected chi connectivity index (χ1v) is 15.6. The first-order valence-electron chi connectivity index (χ1n) is 15.6. The Labute approximate surface area is 258 Å². The van der Waals surface area contributed by atoms with Crippen LogP contribution in [0.2, 0.25) is 0 Å². The third-order valence-corrected chi connectivity index (χ3v) is 9.45. The van der Waals surface area contributed by atoms with Gasteiger partial charge in [-0.25, -0.2) is 9.97 Å². The third kappa shape index (κ3) is 5.06. The highest BCUT2D eigenvalue weighted by Gasteiger charge is 2.30. The van der Waals surface area contributed by atoms with Crippen molar-refractivity contribution in [1.82, 2.24) is 19.9 Å². The first kappa shape index (κ1) is 31.0. The molecule has 0 aromatic carbocycles. The van der Waals surface area contributed by atoms with E-state index < -0.39 is 23.8 Å². The quantitative estimate of drug-likeness (QED) is 0.207. The molecule has 0 saturated carbocycles. The van der Waals surface area contributed by atoms with Crippen molar-refractivity contribution in [2.75, 3.05) is 0 Å². The van der Waals surface area contributed by atoms with E-state index in [4.69, 9.17) is 9.97 Å². The van der Waals surface area contributed by atoms with Crippen LogP contribution in [0.4, 0.5) is 0 Å². The topological polar surface area (TPSA) is 132 Å². The van der Waals surface area contributed by atoms with Gasteiger partial charge in [0.1, 0.15) is 0 Å². The number of rotatable bonds is 8. The maximum absolute atomic E-state index is 12.5. The largest absolute Gasteiger partial charge is 0.481 e. The molecule has 0 aliphatic carbocycles. The van der Waals surface area contributed by atoms with Gasteiger partial charge in [0.05, 0.1) is 34.6 Å². The fourth-order valence-corrected chi connectivity index (χ4v) is 6.94. The summed E-state index contributed by atoms with van der Waals surface area (Å²) >= 11 is 0. The maximum atomic E-state index is 12.5. The smallest absolute Gasteiger partial charge is 0.311 e. The zero-order chi connectivity index (χ0) is 32.0. The molecule has 230 valence electrons. The Hall–Kier alpha value is -4.46. The lowest BCUT2D eigenvalue weighted by Gasteiger charge is -2.13. The monoisotopic (exact) mass is 594 g/mol. The summed E-state index contributed by atoms with van der Waals surface area (Å²) in [5, 5.41) is 20.5. The molecular formula is C36H42N4O4. The lowest BCUT2D eigenvalue weighted by molar-refractivity contribution is -0.140. The molecule has 0 radical (unpaired) electrons. The number of aromatic nitrogens is 4. The average Bonchev–Trinajstić information content (AvgIpc) is 3.64. The van der Waals surface area contributed by atoms with Crippen LogP contribution in [0.5, 0.6) is 0 Å². The van der Waals surface area contributed by atoms with Crippen LogP contribution in [0, 0.1) is 19.8 Å². The van der Waals surface area contributed by atoms with Crippen LogP contribution in [0.15, 0.2) is 24.3 Å². The molecule has 0 saturated heterocycles. The summed E-state index contributed by atoms with van der Waals surface area (Å²) in [4.78, 5) is 42.2. The Balaban J connectivity index is 2.03. The van der Waals surface area contributed by atoms with E-state index in [0.29, 0.717) is 40.9 Å². The summed E-state index contributed by atoms with van der Waals surface area (Å²) in [7, 11) is 0. The molecule has 8 nitrogen and oxygen atoms in total. The van der Waals surface area contributed by atoms with Crippen molar-refractivity contribution in [3.05, 3.63) is 69.3 Å². The number of carboxylic acids is 2. The minimum Gasteiger partial charge on any atom is -0.481 e. The highest BCUT2D eigenvalue weighted by atomic mass is 16.4. The van der Waals surface area contributed by atoms with E-state index in [9.17, 15) is 19.8 Å². The lowest BCUT2D eigenvalue weighted by atomic mass is 9.89. The highest BCUT2D eigenvalue weighted by molar-refractivity contribution is 6.01. The number of allylic oxidation sites excluding steroid dienone is 3. The third-order valence-electron chi connectivity index (χ3n) is 9.45. The molecule has 3 aromatic heterocycles. The summed E-state index contributed by atoms with van der Waals surface area (Å²) < 4.78 is 0. The Kier molecular flexibility index (Phi) is 8.38. The fourth-order valence-electron chi connectivity index (χ4n) is 6.94. The summed E-state index contributed by atoms with van der Waals surface area (Å²) in [5.41, 5.74) is 13.9. The predicted molar refractivity (Wildman–Crippen MR) is 177 cm³/mol. The molecular weight excluding hydrogens is 552 g/mol. The van der Waals surface area contributed by atoms with Gasteiger partial charge in [-0.15, -0.1) is 0 Å². The summed E-state index contributed by atoms with van der Waals surface area (Å²) in [6.07, 6.45) is 2.44. The van der Waals surface area contributed by atoms with Crippen LogP contribution in [-0.4, -0.2) is 42.1 Å². The molecule has 2 atom stereocenters. The highest BCUT2D eigenvalue weighted by Crippen LogP contribution is 2.40. The first-order chi connectivity index (χ1) is 20.9. The number of aromatic amines is 2. The molecule has 44 heavy (non-hydrogen) atoms. The van der Waals surface area contributed by atoms with Gasteiger partial charge in [0.15, 0.2) is 0 Å². The molecule has 3 aromatic rings. The standard InChI is InChI=1S/C36H42N4O4/c1-9-21-17(5)25-13-27-19(7)33(23(11-3)35(41)42)31(39-27)16-32-34(24(12-4)36(43)44)20(8)28(40-32)15-30-22(10-2)18(6)26(38-30)14-29(21)37-25/h13-16,23-24,37,40H,9-12H2,1-8H3,(H,41,42)(H,43,44). The van der Waals surface area contributed by atoms with Crippen molar-refractivity contribution in [3.63, 3.8) is 0 Å². The molecule has 4 N–H and O–H groups in total. The molecule has 2 unspecified atom stereocenters. The van der Waals surface area contributed by atoms with E-state index in [1.807, 2.05) is 45.9 Å². The number of carboxylic acid groups (broad SMARTS) is 2. The second kappa shape index (κ2) is 11.9. The Morgan fingerprint density at radius 2 is 1.18 bits per heavy atom. The van der Waals surface area contributed by atoms with E-state index in [1.165, 1.54) is 5.56 Å². The van der Waals surface area contributed by atoms with Gasteiger partial charge in [-0.1, -0.05) is 27.7 Å². The Morgan fingerprint density at radius 1 is 0.659 bits per heavy atom. The minimum absolute atomic E-state index is 0.398. The molecule has 5 heterocycles. The lowest BCUT2D eigenvalue weighted by Crippen LogP contribution is -2.14. The molecule has 0 spiro atoms. The number of hydrogen-bond donors (Lipinski definition) is 4. The second-order valence-corrected chi connectivity index (χ2v) is 11.8. The number of hydrogen-bond acceptors (Lipinski definition) is 4. The Bertz CT molecular complexity index is 1920. The van der Waals surface area contributed by atoms with Crippen LogP contribution in [0.3, 0.4) is 0 Å². The van der Waals surface area contributed by atoms with Crippen LogP contribution >= 0.6 is 0 Å². The summed E-state index contributed by atoms with van der Waals surface area (Å²) in [5.74, 6) is -3.32. The molecule has 0 amide bonds. The van der Waals surface area contributed by atoms with Crippen molar-refractivity contribution < 1.29 is 19.8 Å². The molecule has 8 heteroatoms. The van der Waals surface area contributed by atoms with Gasteiger partial charge in [0.2, 0.25) is 0 Å². The van der Waals surface area contributed by atoms with Gasteiger partial charge in [-0.3, -0.25) is 9.59 Å². The summed E-state index contributed by atoms with van der Waals surface area (Å²) in [6, 6.07) is 7.98. The average molecular weight is 595 g/mol. The molecule has 2 aliphatic heterocycles. The van der Waals surface area contributed by atoms with Gasteiger partial charge in [0, 0.05) is 22.1 Å². The van der Waals surface area contributed by atoms with Gasteiger partial charge >= 0.3 is 11.9 Å². The van der Waals surface area contributed by atoms with E-state index in [-0.39, 0.29) is 0 Å². The predicted octanol–water partition coefficient (Wildman–Crippen LogP) is 8.45. The number of aliphatic carboxylic acids is 2. The van der Waals surface area contributed by atoms with Gasteiger partial charge in [-0.2, -0.15) is 0 Å². The number of nitrogens with zero attached hydrogens (tertiary/aromatic N) is 2. The van der Waals surface area contributed by atoms with E-state index in [2.05, 4.69) is 43.7 Å². The Morgan fingerprint density at radius 3 is 1.77 bits per heavy atom. The van der Waals surface area contributed by atoms with E-state index in [1.54, 1.807) is 0 Å². The summed E-state index contributed by atoms with van der Waals surface area (Å²) in [6.45, 7) is 16.1. The van der Waals surface area contributed by atoms with Crippen molar-refractivity contribution in [2.45, 2.75) is 87.0 Å². The van der Waals surface area contributed by atoms with Crippen LogP contribution < -0.4 is 0 Å². The minimum atomic E-state index is -0.912. The van der Waals surface area contributed by atoms with E-state index in [0.717, 1.165) is 68.6 Å².